The molecule has 0 saturated carbocycles. The fraction of sp³-hybridized carbons (Fsp3) is 0.889. The lowest BCUT2D eigenvalue weighted by Crippen LogP contribution is -2.33. The average Bonchev–Trinajstić information content (AvgIpc) is 2.70. The van der Waals surface area contributed by atoms with Gasteiger partial charge in [0.15, 0.2) is 0 Å². The molecule has 1 atom stereocenters. The van der Waals surface area contributed by atoms with Crippen LogP contribution in [0.25, 0.3) is 0 Å². The molecule has 1 unspecified atom stereocenters. The molecular weight excluding hydrogens is 262 g/mol. The van der Waals surface area contributed by atoms with Crippen molar-refractivity contribution in [2.24, 2.45) is 5.92 Å². The molecule has 0 bridgehead atoms. The van der Waals surface area contributed by atoms with Gasteiger partial charge in [0.05, 0.1) is 5.92 Å². The normalized spacial score (nSPS) is 19.1. The van der Waals surface area contributed by atoms with Crippen molar-refractivity contribution in [1.29, 1.82) is 0 Å². The molecule has 0 aromatic carbocycles. The van der Waals surface area contributed by atoms with E-state index in [4.69, 9.17) is 0 Å². The standard InChI is InChI=1S/C18H33NO2/c1-2-3-4-5-6-7-8-9-10-14-17(20)16-13-11-12-15-19-18(16)21/h16H,2-15H2,1H3,(H,19,21). The van der Waals surface area contributed by atoms with E-state index in [9.17, 15) is 9.59 Å². The van der Waals surface area contributed by atoms with Gasteiger partial charge >= 0.3 is 0 Å². The lowest BCUT2D eigenvalue weighted by atomic mass is 9.94. The van der Waals surface area contributed by atoms with Crippen LogP contribution in [0, 0.1) is 5.92 Å². The molecule has 3 nitrogen and oxygen atoms in total. The Labute approximate surface area is 130 Å². The number of amides is 1. The Morgan fingerprint density at radius 1 is 1.00 bits per heavy atom. The summed E-state index contributed by atoms with van der Waals surface area (Å²) in [5, 5.41) is 2.85. The molecule has 0 aromatic rings. The summed E-state index contributed by atoms with van der Waals surface area (Å²) in [6.45, 7) is 2.98. The molecule has 21 heavy (non-hydrogen) atoms. The molecule has 1 heterocycles. The van der Waals surface area contributed by atoms with Crippen molar-refractivity contribution < 1.29 is 9.59 Å². The van der Waals surface area contributed by atoms with Crippen LogP contribution < -0.4 is 5.32 Å². The summed E-state index contributed by atoms with van der Waals surface area (Å²) in [7, 11) is 0. The summed E-state index contributed by atoms with van der Waals surface area (Å²) in [5.74, 6) is -0.229. The van der Waals surface area contributed by atoms with E-state index in [2.05, 4.69) is 12.2 Å². The Bertz CT molecular complexity index is 302. The van der Waals surface area contributed by atoms with E-state index in [-0.39, 0.29) is 17.6 Å². The summed E-state index contributed by atoms with van der Waals surface area (Å²) in [5.41, 5.74) is 0. The third-order valence-electron chi connectivity index (χ3n) is 4.45. The summed E-state index contributed by atoms with van der Waals surface area (Å²) < 4.78 is 0. The van der Waals surface area contributed by atoms with Crippen molar-refractivity contribution in [3.8, 4) is 0 Å². The maximum atomic E-state index is 12.1. The van der Waals surface area contributed by atoms with Crippen LogP contribution in [-0.2, 0) is 9.59 Å². The molecule has 1 amide bonds. The number of hydrogen-bond donors (Lipinski definition) is 1. The number of Topliss-reactive ketones (excluding diaryl/α,β-unsaturated/α-hetero) is 1. The number of nitrogens with one attached hydrogen (secondary N) is 1. The molecule has 0 aliphatic carbocycles. The first kappa shape index (κ1) is 18.2. The predicted molar refractivity (Wildman–Crippen MR) is 87.2 cm³/mol. The minimum absolute atomic E-state index is 0.0339. The monoisotopic (exact) mass is 295 g/mol. The van der Waals surface area contributed by atoms with Crippen LogP contribution >= 0.6 is 0 Å². The highest BCUT2D eigenvalue weighted by Crippen LogP contribution is 2.17. The lowest BCUT2D eigenvalue weighted by molar-refractivity contribution is -0.133. The first-order valence-electron chi connectivity index (χ1n) is 9.06. The molecule has 1 rings (SSSR count). The fourth-order valence-electron chi connectivity index (χ4n) is 3.03. The first-order valence-corrected chi connectivity index (χ1v) is 9.06. The Hall–Kier alpha value is -0.860. The Morgan fingerprint density at radius 2 is 1.62 bits per heavy atom. The van der Waals surface area contributed by atoms with Gasteiger partial charge in [-0.05, 0) is 19.3 Å². The summed E-state index contributed by atoms with van der Waals surface area (Å²) in [4.78, 5) is 23.9. The van der Waals surface area contributed by atoms with Crippen molar-refractivity contribution in [2.75, 3.05) is 6.54 Å². The molecular formula is C18H33NO2. The molecule has 1 saturated heterocycles. The van der Waals surface area contributed by atoms with Gasteiger partial charge in [0.2, 0.25) is 5.91 Å². The second kappa shape index (κ2) is 11.8. The van der Waals surface area contributed by atoms with Crippen LogP contribution in [0.1, 0.15) is 90.4 Å². The summed E-state index contributed by atoms with van der Waals surface area (Å²) in [6, 6.07) is 0. The number of hydrogen-bond acceptors (Lipinski definition) is 2. The average molecular weight is 295 g/mol. The number of rotatable bonds is 11. The van der Waals surface area contributed by atoms with E-state index >= 15 is 0 Å². The van der Waals surface area contributed by atoms with Gasteiger partial charge in [0.1, 0.15) is 5.78 Å². The van der Waals surface area contributed by atoms with Crippen LogP contribution in [0.3, 0.4) is 0 Å². The summed E-state index contributed by atoms with van der Waals surface area (Å²) >= 11 is 0. The van der Waals surface area contributed by atoms with Crippen LogP contribution in [-0.4, -0.2) is 18.2 Å². The zero-order chi connectivity index (χ0) is 15.3. The van der Waals surface area contributed by atoms with Crippen LogP contribution in [0.4, 0.5) is 0 Å². The zero-order valence-corrected chi connectivity index (χ0v) is 13.8. The van der Waals surface area contributed by atoms with Gasteiger partial charge < -0.3 is 5.32 Å². The van der Waals surface area contributed by atoms with Crippen molar-refractivity contribution in [3.05, 3.63) is 0 Å². The second-order valence-electron chi connectivity index (χ2n) is 6.38. The third-order valence-corrected chi connectivity index (χ3v) is 4.45. The van der Waals surface area contributed by atoms with Crippen LogP contribution in [0.2, 0.25) is 0 Å². The van der Waals surface area contributed by atoms with Crippen molar-refractivity contribution in [1.82, 2.24) is 5.32 Å². The van der Waals surface area contributed by atoms with Gasteiger partial charge in [-0.2, -0.15) is 0 Å². The minimum atomic E-state index is -0.360. The second-order valence-corrected chi connectivity index (χ2v) is 6.38. The highest BCUT2D eigenvalue weighted by Gasteiger charge is 2.26. The molecule has 122 valence electrons. The highest BCUT2D eigenvalue weighted by molar-refractivity contribution is 6.01. The van der Waals surface area contributed by atoms with Crippen LogP contribution in [0.5, 0.6) is 0 Å². The number of carbonyl (C=O) groups excluding carboxylic acids is 2. The van der Waals surface area contributed by atoms with E-state index in [0.29, 0.717) is 6.42 Å². The Kier molecular flexibility index (Phi) is 10.2. The number of carbonyl (C=O) groups is 2. The predicted octanol–water partition coefficient (Wildman–Crippen LogP) is 4.39. The topological polar surface area (TPSA) is 46.2 Å². The molecule has 1 N–H and O–H groups in total. The van der Waals surface area contributed by atoms with E-state index in [1.807, 2.05) is 0 Å². The van der Waals surface area contributed by atoms with Crippen molar-refractivity contribution in [3.63, 3.8) is 0 Å². The fourth-order valence-corrected chi connectivity index (χ4v) is 3.03. The van der Waals surface area contributed by atoms with Crippen molar-refractivity contribution >= 4 is 11.7 Å². The molecule has 1 fully saturated rings. The van der Waals surface area contributed by atoms with E-state index < -0.39 is 0 Å². The maximum Gasteiger partial charge on any atom is 0.230 e. The maximum absolute atomic E-state index is 12.1. The van der Waals surface area contributed by atoms with E-state index in [1.54, 1.807) is 0 Å². The van der Waals surface area contributed by atoms with Gasteiger partial charge in [-0.25, -0.2) is 0 Å². The SMILES string of the molecule is CCCCCCCCCCCC(=O)C1CCCCNC1=O. The Morgan fingerprint density at radius 3 is 2.29 bits per heavy atom. The van der Waals surface area contributed by atoms with Gasteiger partial charge in [0.25, 0.3) is 0 Å². The molecule has 3 heteroatoms. The highest BCUT2D eigenvalue weighted by atomic mass is 16.2. The molecule has 0 radical (unpaired) electrons. The number of ketones is 1. The largest absolute Gasteiger partial charge is 0.355 e. The molecule has 0 spiro atoms. The Balaban J connectivity index is 2.01. The lowest BCUT2D eigenvalue weighted by Gasteiger charge is -2.11. The number of unbranched alkanes of at least 4 members (excludes halogenated alkanes) is 8. The molecule has 1 aliphatic heterocycles. The van der Waals surface area contributed by atoms with E-state index in [0.717, 1.165) is 38.6 Å². The summed E-state index contributed by atoms with van der Waals surface area (Å²) in [6.07, 6.45) is 14.7. The minimum Gasteiger partial charge on any atom is -0.355 e. The van der Waals surface area contributed by atoms with Crippen LogP contribution in [0.15, 0.2) is 0 Å². The van der Waals surface area contributed by atoms with E-state index in [1.165, 1.54) is 44.9 Å². The van der Waals surface area contributed by atoms with Gasteiger partial charge in [-0.1, -0.05) is 64.7 Å². The van der Waals surface area contributed by atoms with Crippen molar-refractivity contribution in [2.45, 2.75) is 90.4 Å². The zero-order valence-electron chi connectivity index (χ0n) is 13.8. The van der Waals surface area contributed by atoms with Gasteiger partial charge in [0, 0.05) is 13.0 Å². The quantitative estimate of drug-likeness (QED) is 0.454. The first-order chi connectivity index (χ1) is 10.3. The smallest absolute Gasteiger partial charge is 0.230 e. The molecule has 0 aromatic heterocycles. The third kappa shape index (κ3) is 8.23. The van der Waals surface area contributed by atoms with Gasteiger partial charge in [-0.15, -0.1) is 0 Å². The van der Waals surface area contributed by atoms with Gasteiger partial charge in [-0.3, -0.25) is 9.59 Å². The molecule has 1 aliphatic rings.